The molecule has 5 nitrogen and oxygen atoms in total. The first kappa shape index (κ1) is 12.8. The number of benzene rings is 1. The zero-order valence-corrected chi connectivity index (χ0v) is 11.1. The van der Waals surface area contributed by atoms with E-state index >= 15 is 0 Å². The first-order valence-electron chi connectivity index (χ1n) is 6.33. The average molecular weight is 275 g/mol. The molecule has 0 saturated carbocycles. The number of nitrogens with zero attached hydrogens (tertiary/aromatic N) is 1. The number of aromatic nitrogens is 2. The van der Waals surface area contributed by atoms with Crippen LogP contribution in [-0.2, 0) is 0 Å². The van der Waals surface area contributed by atoms with Crippen molar-refractivity contribution in [1.82, 2.24) is 9.97 Å². The summed E-state index contributed by atoms with van der Waals surface area (Å²) >= 11 is 0. The van der Waals surface area contributed by atoms with Crippen LogP contribution in [-0.4, -0.2) is 15.8 Å². The quantitative estimate of drug-likeness (QED) is 0.309. The van der Waals surface area contributed by atoms with Crippen molar-refractivity contribution in [3.05, 3.63) is 59.4 Å². The van der Waals surface area contributed by atoms with E-state index in [-0.39, 0.29) is 5.84 Å². The SMILES string of the molecule is N=C(N)c1ccc(C#Cc2c(N)ncc3[nH]ccc23)cc1. The molecule has 0 amide bonds. The number of fused-ring (bicyclic) bond motifs is 1. The van der Waals surface area contributed by atoms with E-state index in [4.69, 9.17) is 16.9 Å². The van der Waals surface area contributed by atoms with Crippen molar-refractivity contribution >= 4 is 22.6 Å². The standard InChI is InChI=1S/C16H13N5/c17-15(18)11-4-1-10(2-5-11)3-6-13-12-7-8-20-14(12)9-21-16(13)19/h1-2,4-5,7-9,20H,(H3,17,18)(H2,19,21). The molecule has 0 aliphatic heterocycles. The smallest absolute Gasteiger partial charge is 0.139 e. The van der Waals surface area contributed by atoms with Gasteiger partial charge in [0.25, 0.3) is 0 Å². The van der Waals surface area contributed by atoms with Crippen LogP contribution >= 0.6 is 0 Å². The molecule has 3 rings (SSSR count). The fourth-order valence-corrected chi connectivity index (χ4v) is 2.04. The molecule has 102 valence electrons. The maximum Gasteiger partial charge on any atom is 0.139 e. The number of pyridine rings is 1. The van der Waals surface area contributed by atoms with Gasteiger partial charge in [-0.25, -0.2) is 4.98 Å². The Kier molecular flexibility index (Phi) is 3.05. The molecule has 0 aliphatic rings. The molecule has 0 saturated heterocycles. The van der Waals surface area contributed by atoms with Crippen molar-refractivity contribution < 1.29 is 0 Å². The summed E-state index contributed by atoms with van der Waals surface area (Å²) in [6.45, 7) is 0. The number of hydrogen-bond donors (Lipinski definition) is 4. The Hall–Kier alpha value is -3.26. The van der Waals surface area contributed by atoms with E-state index in [9.17, 15) is 0 Å². The number of rotatable bonds is 1. The lowest BCUT2D eigenvalue weighted by Gasteiger charge is -1.99. The summed E-state index contributed by atoms with van der Waals surface area (Å²) < 4.78 is 0. The Bertz CT molecular complexity index is 878. The van der Waals surface area contributed by atoms with E-state index in [0.717, 1.165) is 16.5 Å². The predicted octanol–water partition coefficient (Wildman–Crippen LogP) is 1.83. The first-order chi connectivity index (χ1) is 10.1. The van der Waals surface area contributed by atoms with E-state index in [1.807, 2.05) is 24.4 Å². The van der Waals surface area contributed by atoms with Crippen molar-refractivity contribution in [3.8, 4) is 11.8 Å². The third kappa shape index (κ3) is 2.42. The van der Waals surface area contributed by atoms with Crippen LogP contribution in [0.2, 0.25) is 0 Å². The minimum Gasteiger partial charge on any atom is -0.384 e. The van der Waals surface area contributed by atoms with Gasteiger partial charge in [-0.15, -0.1) is 0 Å². The Labute approximate surface area is 121 Å². The highest BCUT2D eigenvalue weighted by atomic mass is 14.8. The van der Waals surface area contributed by atoms with Gasteiger partial charge in [-0.05, 0) is 18.2 Å². The minimum absolute atomic E-state index is 0.0417. The molecular formula is C16H13N5. The molecule has 0 spiro atoms. The molecule has 2 heterocycles. The highest BCUT2D eigenvalue weighted by Crippen LogP contribution is 2.20. The van der Waals surface area contributed by atoms with Gasteiger partial charge in [-0.3, -0.25) is 5.41 Å². The summed E-state index contributed by atoms with van der Waals surface area (Å²) in [6.07, 6.45) is 3.52. The van der Waals surface area contributed by atoms with Gasteiger partial charge in [-0.2, -0.15) is 0 Å². The molecule has 21 heavy (non-hydrogen) atoms. The summed E-state index contributed by atoms with van der Waals surface area (Å²) in [5, 5.41) is 8.31. The number of nitrogens with two attached hydrogens (primary N) is 2. The number of anilines is 1. The molecule has 0 bridgehead atoms. The van der Waals surface area contributed by atoms with Gasteiger partial charge < -0.3 is 16.5 Å². The van der Waals surface area contributed by atoms with Crippen molar-refractivity contribution in [2.24, 2.45) is 5.73 Å². The fourth-order valence-electron chi connectivity index (χ4n) is 2.04. The predicted molar refractivity (Wildman–Crippen MR) is 83.9 cm³/mol. The van der Waals surface area contributed by atoms with Gasteiger partial charge in [-0.1, -0.05) is 24.0 Å². The topological polar surface area (TPSA) is 105 Å². The molecule has 0 fully saturated rings. The van der Waals surface area contributed by atoms with Crippen LogP contribution in [0.3, 0.4) is 0 Å². The third-order valence-corrected chi connectivity index (χ3v) is 3.16. The third-order valence-electron chi connectivity index (χ3n) is 3.16. The lowest BCUT2D eigenvalue weighted by atomic mass is 10.1. The normalized spacial score (nSPS) is 10.1. The maximum atomic E-state index is 7.36. The summed E-state index contributed by atoms with van der Waals surface area (Å²) in [6, 6.07) is 9.11. The highest BCUT2D eigenvalue weighted by molar-refractivity contribution is 5.95. The van der Waals surface area contributed by atoms with Gasteiger partial charge in [0.2, 0.25) is 0 Å². The van der Waals surface area contributed by atoms with Gasteiger partial charge >= 0.3 is 0 Å². The van der Waals surface area contributed by atoms with Gasteiger partial charge in [0.1, 0.15) is 11.7 Å². The fraction of sp³-hybridized carbons (Fsp3) is 0. The van der Waals surface area contributed by atoms with E-state index in [1.54, 1.807) is 18.3 Å². The average Bonchev–Trinajstić information content (AvgIpc) is 2.95. The molecule has 0 unspecified atom stereocenters. The summed E-state index contributed by atoms with van der Waals surface area (Å²) in [4.78, 5) is 7.21. The summed E-state index contributed by atoms with van der Waals surface area (Å²) in [5.41, 5.74) is 14.4. The van der Waals surface area contributed by atoms with Crippen molar-refractivity contribution in [2.75, 3.05) is 5.73 Å². The molecular weight excluding hydrogens is 262 g/mol. The Morgan fingerprint density at radius 2 is 1.90 bits per heavy atom. The second-order valence-corrected chi connectivity index (χ2v) is 4.56. The van der Waals surface area contributed by atoms with E-state index in [0.29, 0.717) is 16.9 Å². The monoisotopic (exact) mass is 275 g/mol. The molecule has 3 aromatic rings. The molecule has 1 aromatic carbocycles. The van der Waals surface area contributed by atoms with Crippen LogP contribution in [0, 0.1) is 17.3 Å². The number of nitrogens with one attached hydrogen (secondary N) is 2. The van der Waals surface area contributed by atoms with E-state index < -0.39 is 0 Å². The van der Waals surface area contributed by atoms with Gasteiger partial charge in [0.15, 0.2) is 0 Å². The molecule has 6 N–H and O–H groups in total. The molecule has 0 aliphatic carbocycles. The Morgan fingerprint density at radius 3 is 2.62 bits per heavy atom. The van der Waals surface area contributed by atoms with Crippen LogP contribution in [0.25, 0.3) is 10.9 Å². The molecule has 5 heteroatoms. The van der Waals surface area contributed by atoms with Crippen LogP contribution in [0.4, 0.5) is 5.82 Å². The van der Waals surface area contributed by atoms with Crippen molar-refractivity contribution in [3.63, 3.8) is 0 Å². The number of nitrogen functional groups attached to an aromatic ring is 2. The van der Waals surface area contributed by atoms with Crippen LogP contribution in [0.15, 0.2) is 42.7 Å². The molecule has 0 atom stereocenters. The Morgan fingerprint density at radius 1 is 1.14 bits per heavy atom. The van der Waals surface area contributed by atoms with Crippen LogP contribution in [0.1, 0.15) is 16.7 Å². The minimum atomic E-state index is 0.0417. The van der Waals surface area contributed by atoms with E-state index in [1.165, 1.54) is 0 Å². The van der Waals surface area contributed by atoms with Crippen LogP contribution in [0.5, 0.6) is 0 Å². The highest BCUT2D eigenvalue weighted by Gasteiger charge is 2.04. The largest absolute Gasteiger partial charge is 0.384 e. The summed E-state index contributed by atoms with van der Waals surface area (Å²) in [7, 11) is 0. The van der Waals surface area contributed by atoms with E-state index in [2.05, 4.69) is 21.8 Å². The lowest BCUT2D eigenvalue weighted by molar-refractivity contribution is 1.33. The lowest BCUT2D eigenvalue weighted by Crippen LogP contribution is -2.10. The zero-order chi connectivity index (χ0) is 14.8. The summed E-state index contributed by atoms with van der Waals surface area (Å²) in [5.74, 6) is 6.57. The van der Waals surface area contributed by atoms with Gasteiger partial charge in [0, 0.05) is 22.7 Å². The number of hydrogen-bond acceptors (Lipinski definition) is 3. The first-order valence-corrected chi connectivity index (χ1v) is 6.33. The Balaban J connectivity index is 2.01. The van der Waals surface area contributed by atoms with Gasteiger partial charge in [0.05, 0.1) is 17.3 Å². The van der Waals surface area contributed by atoms with Crippen LogP contribution < -0.4 is 11.5 Å². The number of aromatic amines is 1. The maximum absolute atomic E-state index is 7.36. The van der Waals surface area contributed by atoms with Crippen molar-refractivity contribution in [1.29, 1.82) is 5.41 Å². The van der Waals surface area contributed by atoms with Crippen molar-refractivity contribution in [2.45, 2.75) is 0 Å². The molecule has 2 aromatic heterocycles. The number of H-pyrrole nitrogens is 1. The number of amidine groups is 1. The second kappa shape index (κ2) is 5.02. The zero-order valence-electron chi connectivity index (χ0n) is 11.1. The molecule has 0 radical (unpaired) electrons. The second-order valence-electron chi connectivity index (χ2n) is 4.56.